The fourth-order valence-corrected chi connectivity index (χ4v) is 1.81. The van der Waals surface area contributed by atoms with Gasteiger partial charge in [-0.2, -0.15) is 5.10 Å². The van der Waals surface area contributed by atoms with Gasteiger partial charge in [-0.15, -0.1) is 0 Å². The molecule has 5 heteroatoms. The van der Waals surface area contributed by atoms with Gasteiger partial charge in [0.1, 0.15) is 5.69 Å². The Morgan fingerprint density at radius 3 is 2.89 bits per heavy atom. The van der Waals surface area contributed by atoms with E-state index < -0.39 is 0 Å². The van der Waals surface area contributed by atoms with Gasteiger partial charge in [0.25, 0.3) is 0 Å². The predicted molar refractivity (Wildman–Crippen MR) is 73.1 cm³/mol. The monoisotopic (exact) mass is 259 g/mol. The van der Waals surface area contributed by atoms with Gasteiger partial charge >= 0.3 is 0 Å². The van der Waals surface area contributed by atoms with Gasteiger partial charge in [-0.25, -0.2) is 0 Å². The van der Waals surface area contributed by atoms with E-state index in [1.165, 1.54) is 0 Å². The van der Waals surface area contributed by atoms with Crippen LogP contribution in [0.3, 0.4) is 0 Å². The average molecular weight is 259 g/mol. The third kappa shape index (κ3) is 2.82. The number of nitrogen functional groups attached to an aromatic ring is 1. The number of benzene rings is 1. The van der Waals surface area contributed by atoms with E-state index in [9.17, 15) is 4.79 Å². The van der Waals surface area contributed by atoms with E-state index in [1.54, 1.807) is 36.2 Å². The highest BCUT2D eigenvalue weighted by Crippen LogP contribution is 2.16. The van der Waals surface area contributed by atoms with Gasteiger partial charge in [-0.3, -0.25) is 9.48 Å². The maximum Gasteiger partial charge on any atom is 0.211 e. The lowest BCUT2D eigenvalue weighted by Gasteiger charge is -2.07. The fourth-order valence-electron chi connectivity index (χ4n) is 1.81. The van der Waals surface area contributed by atoms with Crippen LogP contribution in [0.2, 0.25) is 0 Å². The molecule has 2 rings (SSSR count). The molecule has 1 aromatic heterocycles. The molecule has 2 aromatic rings. The summed E-state index contributed by atoms with van der Waals surface area (Å²) in [7, 11) is 1.62. The molecule has 0 amide bonds. The summed E-state index contributed by atoms with van der Waals surface area (Å²) in [5, 5.41) is 4.12. The lowest BCUT2D eigenvalue weighted by Crippen LogP contribution is -2.14. The Balaban J connectivity index is 2.28. The predicted octanol–water partition coefficient (Wildman–Crippen LogP) is 1.65. The zero-order valence-electron chi connectivity index (χ0n) is 11.1. The van der Waals surface area contributed by atoms with Gasteiger partial charge in [0, 0.05) is 24.6 Å². The lowest BCUT2D eigenvalue weighted by molar-refractivity contribution is 0.102. The van der Waals surface area contributed by atoms with E-state index >= 15 is 0 Å². The lowest BCUT2D eigenvalue weighted by atomic mass is 10.0. The molecule has 5 nitrogen and oxygen atoms in total. The molecular formula is C14H17N3O2. The number of aryl methyl sites for hydroxylation is 1. The number of rotatable bonds is 5. The normalized spacial score (nSPS) is 10.6. The second-order valence-corrected chi connectivity index (χ2v) is 4.33. The molecule has 2 N–H and O–H groups in total. The van der Waals surface area contributed by atoms with Crippen molar-refractivity contribution in [1.82, 2.24) is 9.78 Å². The molecule has 0 saturated heterocycles. The van der Waals surface area contributed by atoms with Crippen molar-refractivity contribution in [2.45, 2.75) is 13.5 Å². The summed E-state index contributed by atoms with van der Waals surface area (Å²) in [5.41, 5.74) is 8.53. The second-order valence-electron chi connectivity index (χ2n) is 4.33. The van der Waals surface area contributed by atoms with Crippen LogP contribution in [0.25, 0.3) is 0 Å². The van der Waals surface area contributed by atoms with Crippen LogP contribution in [-0.2, 0) is 11.3 Å². The number of hydrogen-bond donors (Lipinski definition) is 1. The maximum atomic E-state index is 12.4. The van der Waals surface area contributed by atoms with Crippen molar-refractivity contribution >= 4 is 11.5 Å². The van der Waals surface area contributed by atoms with Gasteiger partial charge in [-0.1, -0.05) is 12.1 Å². The number of methoxy groups -OCH3 is 1. The van der Waals surface area contributed by atoms with E-state index in [0.717, 1.165) is 5.56 Å². The Hall–Kier alpha value is -2.14. The second kappa shape index (κ2) is 5.67. The Labute approximate surface area is 112 Å². The molecule has 1 aromatic carbocycles. The Bertz CT molecular complexity index is 590. The fraction of sp³-hybridized carbons (Fsp3) is 0.286. The largest absolute Gasteiger partial charge is 0.398 e. The van der Waals surface area contributed by atoms with Gasteiger partial charge in [0.2, 0.25) is 5.78 Å². The molecule has 0 radical (unpaired) electrons. The van der Waals surface area contributed by atoms with E-state index in [2.05, 4.69) is 5.10 Å². The Morgan fingerprint density at radius 2 is 2.21 bits per heavy atom. The molecule has 0 bridgehead atoms. The quantitative estimate of drug-likeness (QED) is 0.654. The van der Waals surface area contributed by atoms with Crippen LogP contribution in [0.4, 0.5) is 5.69 Å². The van der Waals surface area contributed by atoms with Crippen LogP contribution >= 0.6 is 0 Å². The number of carbonyl (C=O) groups is 1. The van der Waals surface area contributed by atoms with Gasteiger partial charge in [0.15, 0.2) is 0 Å². The summed E-state index contributed by atoms with van der Waals surface area (Å²) >= 11 is 0. The molecule has 1 heterocycles. The third-order valence-electron chi connectivity index (χ3n) is 3.00. The third-order valence-corrected chi connectivity index (χ3v) is 3.00. The van der Waals surface area contributed by atoms with Crippen LogP contribution in [0.15, 0.2) is 30.5 Å². The number of nitrogens with two attached hydrogens (primary N) is 1. The number of aromatic nitrogens is 2. The Kier molecular flexibility index (Phi) is 3.97. The molecule has 0 spiro atoms. The average Bonchev–Trinajstić information content (AvgIpc) is 2.87. The molecule has 100 valence electrons. The minimum atomic E-state index is -0.0831. The van der Waals surface area contributed by atoms with Crippen molar-refractivity contribution in [3.63, 3.8) is 0 Å². The summed E-state index contributed by atoms with van der Waals surface area (Å²) in [6.07, 6.45) is 1.61. The van der Waals surface area contributed by atoms with Crippen molar-refractivity contribution in [3.05, 3.63) is 47.3 Å². The first-order valence-corrected chi connectivity index (χ1v) is 6.05. The Morgan fingerprint density at radius 1 is 1.42 bits per heavy atom. The van der Waals surface area contributed by atoms with Crippen LogP contribution in [-0.4, -0.2) is 29.3 Å². The van der Waals surface area contributed by atoms with Crippen molar-refractivity contribution in [1.29, 1.82) is 0 Å². The zero-order chi connectivity index (χ0) is 13.8. The van der Waals surface area contributed by atoms with Crippen molar-refractivity contribution in [2.24, 2.45) is 0 Å². The summed E-state index contributed by atoms with van der Waals surface area (Å²) in [6, 6.07) is 7.03. The van der Waals surface area contributed by atoms with E-state index in [-0.39, 0.29) is 5.78 Å². The van der Waals surface area contributed by atoms with E-state index in [0.29, 0.717) is 30.1 Å². The first kappa shape index (κ1) is 13.3. The number of carbonyl (C=O) groups excluding carboxylic acids is 1. The number of hydrogen-bond acceptors (Lipinski definition) is 4. The van der Waals surface area contributed by atoms with Crippen molar-refractivity contribution in [3.8, 4) is 0 Å². The molecule has 0 saturated carbocycles. The summed E-state index contributed by atoms with van der Waals surface area (Å²) < 4.78 is 6.64. The van der Waals surface area contributed by atoms with Crippen LogP contribution in [0.5, 0.6) is 0 Å². The highest BCUT2D eigenvalue weighted by molar-refractivity contribution is 6.08. The van der Waals surface area contributed by atoms with Gasteiger partial charge < -0.3 is 10.5 Å². The molecule has 0 aliphatic carbocycles. The number of anilines is 1. The SMILES string of the molecule is COCCn1nccc1C(=O)c1ccc(C)c(N)c1. The highest BCUT2D eigenvalue weighted by Gasteiger charge is 2.14. The molecule has 0 aliphatic heterocycles. The van der Waals surface area contributed by atoms with Crippen LogP contribution < -0.4 is 5.73 Å². The first-order chi connectivity index (χ1) is 9.13. The van der Waals surface area contributed by atoms with Gasteiger partial charge in [0.05, 0.1) is 13.2 Å². The summed E-state index contributed by atoms with van der Waals surface area (Å²) in [6.45, 7) is 2.97. The number of ketones is 1. The van der Waals surface area contributed by atoms with Crippen LogP contribution in [0, 0.1) is 6.92 Å². The minimum Gasteiger partial charge on any atom is -0.398 e. The smallest absolute Gasteiger partial charge is 0.211 e. The number of ether oxygens (including phenoxy) is 1. The van der Waals surface area contributed by atoms with Crippen molar-refractivity contribution in [2.75, 3.05) is 19.5 Å². The molecular weight excluding hydrogens is 242 g/mol. The van der Waals surface area contributed by atoms with Crippen molar-refractivity contribution < 1.29 is 9.53 Å². The summed E-state index contributed by atoms with van der Waals surface area (Å²) in [5.74, 6) is -0.0831. The topological polar surface area (TPSA) is 70.1 Å². The molecule has 0 atom stereocenters. The molecule has 0 aliphatic rings. The number of nitrogens with zero attached hydrogens (tertiary/aromatic N) is 2. The first-order valence-electron chi connectivity index (χ1n) is 6.05. The van der Waals surface area contributed by atoms with Gasteiger partial charge in [-0.05, 0) is 24.6 Å². The highest BCUT2D eigenvalue weighted by atomic mass is 16.5. The van der Waals surface area contributed by atoms with E-state index in [4.69, 9.17) is 10.5 Å². The van der Waals surface area contributed by atoms with E-state index in [1.807, 2.05) is 13.0 Å². The minimum absolute atomic E-state index is 0.0831. The molecule has 0 unspecified atom stereocenters. The maximum absolute atomic E-state index is 12.4. The standard InChI is InChI=1S/C14H17N3O2/c1-10-3-4-11(9-12(10)15)14(18)13-5-6-16-17(13)7-8-19-2/h3-6,9H,7-8,15H2,1-2H3. The molecule has 19 heavy (non-hydrogen) atoms. The zero-order valence-corrected chi connectivity index (χ0v) is 11.1. The molecule has 0 fully saturated rings. The van der Waals surface area contributed by atoms with Crippen LogP contribution in [0.1, 0.15) is 21.6 Å². The summed E-state index contributed by atoms with van der Waals surface area (Å²) in [4.78, 5) is 12.4.